The Kier molecular flexibility index (Phi) is 3.55. The number of ketones is 1. The Hall–Kier alpha value is -1.97. The van der Waals surface area contributed by atoms with E-state index in [1.807, 2.05) is 25.1 Å². The Balaban J connectivity index is 2.24. The highest BCUT2D eigenvalue weighted by Gasteiger charge is 2.38. The number of benzene rings is 1. The third kappa shape index (κ3) is 2.18. The van der Waals surface area contributed by atoms with Gasteiger partial charge in [0.2, 0.25) is 0 Å². The molecule has 94 valence electrons. The fourth-order valence-corrected chi connectivity index (χ4v) is 2.08. The van der Waals surface area contributed by atoms with E-state index >= 15 is 0 Å². The van der Waals surface area contributed by atoms with Crippen LogP contribution in [-0.2, 0) is 9.59 Å². The first-order valence-electron chi connectivity index (χ1n) is 6.12. The van der Waals surface area contributed by atoms with Gasteiger partial charge in [0, 0.05) is 6.42 Å². The lowest BCUT2D eigenvalue weighted by Crippen LogP contribution is -2.32. The SMILES string of the molecule is CCCC(=O)[C@H]1C(=O)N(c2ccccc2)N=C1C. The van der Waals surface area contributed by atoms with E-state index in [-0.39, 0.29) is 11.7 Å². The number of amides is 1. The highest BCUT2D eigenvalue weighted by Crippen LogP contribution is 2.24. The lowest BCUT2D eigenvalue weighted by Gasteiger charge is -2.13. The molecule has 4 nitrogen and oxygen atoms in total. The van der Waals surface area contributed by atoms with Gasteiger partial charge < -0.3 is 0 Å². The van der Waals surface area contributed by atoms with Gasteiger partial charge in [-0.15, -0.1) is 0 Å². The molecule has 1 amide bonds. The number of hydrogen-bond donors (Lipinski definition) is 0. The molecule has 0 bridgehead atoms. The highest BCUT2D eigenvalue weighted by atomic mass is 16.2. The monoisotopic (exact) mass is 244 g/mol. The molecule has 0 saturated heterocycles. The second kappa shape index (κ2) is 5.12. The van der Waals surface area contributed by atoms with Gasteiger partial charge in [-0.25, -0.2) is 0 Å². The first-order valence-corrected chi connectivity index (χ1v) is 6.12. The van der Waals surface area contributed by atoms with Crippen LogP contribution in [0, 0.1) is 5.92 Å². The molecule has 0 fully saturated rings. The second-order valence-corrected chi connectivity index (χ2v) is 4.38. The number of rotatable bonds is 4. The minimum Gasteiger partial charge on any atom is -0.298 e. The van der Waals surface area contributed by atoms with Crippen LogP contribution in [-0.4, -0.2) is 17.4 Å². The Labute approximate surface area is 106 Å². The molecule has 0 aromatic heterocycles. The summed E-state index contributed by atoms with van der Waals surface area (Å²) in [5.74, 6) is -0.968. The van der Waals surface area contributed by atoms with Gasteiger partial charge >= 0.3 is 0 Å². The molecule has 1 aliphatic rings. The summed E-state index contributed by atoms with van der Waals surface area (Å²) in [7, 11) is 0. The lowest BCUT2D eigenvalue weighted by molar-refractivity contribution is -0.129. The number of carbonyl (C=O) groups is 2. The molecule has 18 heavy (non-hydrogen) atoms. The third-order valence-electron chi connectivity index (χ3n) is 2.95. The van der Waals surface area contributed by atoms with Crippen molar-refractivity contribution >= 4 is 23.1 Å². The van der Waals surface area contributed by atoms with Gasteiger partial charge in [0.1, 0.15) is 5.92 Å². The van der Waals surface area contributed by atoms with E-state index in [0.717, 1.165) is 6.42 Å². The van der Waals surface area contributed by atoms with Crippen LogP contribution in [0.1, 0.15) is 26.7 Å². The van der Waals surface area contributed by atoms with Crippen LogP contribution in [0.2, 0.25) is 0 Å². The fraction of sp³-hybridized carbons (Fsp3) is 0.357. The van der Waals surface area contributed by atoms with Crippen LogP contribution in [0.5, 0.6) is 0 Å². The van der Waals surface area contributed by atoms with Crippen molar-refractivity contribution in [1.29, 1.82) is 0 Å². The van der Waals surface area contributed by atoms with Crippen LogP contribution in [0.3, 0.4) is 0 Å². The molecule has 1 aromatic carbocycles. The van der Waals surface area contributed by atoms with Crippen molar-refractivity contribution in [3.05, 3.63) is 30.3 Å². The molecular formula is C14H16N2O2. The predicted molar refractivity (Wildman–Crippen MR) is 70.4 cm³/mol. The molecule has 0 aliphatic carbocycles. The number of hydrazone groups is 1. The van der Waals surface area contributed by atoms with Crippen molar-refractivity contribution in [3.63, 3.8) is 0 Å². The van der Waals surface area contributed by atoms with Crippen molar-refractivity contribution in [2.24, 2.45) is 11.0 Å². The molecule has 0 N–H and O–H groups in total. The van der Waals surface area contributed by atoms with Gasteiger partial charge in [-0.2, -0.15) is 10.1 Å². The van der Waals surface area contributed by atoms with E-state index in [1.165, 1.54) is 5.01 Å². The van der Waals surface area contributed by atoms with E-state index in [1.54, 1.807) is 19.1 Å². The zero-order chi connectivity index (χ0) is 13.1. The quantitative estimate of drug-likeness (QED) is 0.763. The summed E-state index contributed by atoms with van der Waals surface area (Å²) in [6.07, 6.45) is 1.17. The topological polar surface area (TPSA) is 49.7 Å². The Morgan fingerprint density at radius 2 is 2.00 bits per heavy atom. The van der Waals surface area contributed by atoms with Crippen molar-refractivity contribution in [1.82, 2.24) is 0 Å². The van der Waals surface area contributed by atoms with Crippen molar-refractivity contribution in [2.45, 2.75) is 26.7 Å². The maximum absolute atomic E-state index is 12.2. The van der Waals surface area contributed by atoms with Crippen LogP contribution in [0.15, 0.2) is 35.4 Å². The molecule has 1 aromatic rings. The minimum absolute atomic E-state index is 0.0396. The third-order valence-corrected chi connectivity index (χ3v) is 2.95. The van der Waals surface area contributed by atoms with E-state index in [2.05, 4.69) is 5.10 Å². The first-order chi connectivity index (χ1) is 8.65. The first kappa shape index (κ1) is 12.5. The molecule has 1 heterocycles. The van der Waals surface area contributed by atoms with Crippen LogP contribution in [0.25, 0.3) is 0 Å². The number of anilines is 1. The standard InChI is InChI=1S/C14H16N2O2/c1-3-7-12(17)13-10(2)15-16(14(13)18)11-8-5-4-6-9-11/h4-6,8-9,13H,3,7H2,1-2H3/t13-/m0/s1. The van der Waals surface area contributed by atoms with Crippen LogP contribution in [0.4, 0.5) is 5.69 Å². The van der Waals surface area contributed by atoms with Crippen molar-refractivity contribution in [2.75, 3.05) is 5.01 Å². The number of para-hydroxylation sites is 1. The summed E-state index contributed by atoms with van der Waals surface area (Å²) in [4.78, 5) is 24.1. The molecule has 0 unspecified atom stereocenters. The van der Waals surface area contributed by atoms with Crippen molar-refractivity contribution < 1.29 is 9.59 Å². The molecule has 1 aliphatic heterocycles. The molecule has 0 saturated carbocycles. The van der Waals surface area contributed by atoms with E-state index < -0.39 is 5.92 Å². The normalized spacial score (nSPS) is 19.0. The van der Waals surface area contributed by atoms with Crippen molar-refractivity contribution in [3.8, 4) is 0 Å². The van der Waals surface area contributed by atoms with E-state index in [0.29, 0.717) is 17.8 Å². The van der Waals surface area contributed by atoms with Gasteiger partial charge in [-0.05, 0) is 25.5 Å². The maximum atomic E-state index is 12.2. The van der Waals surface area contributed by atoms with E-state index in [9.17, 15) is 9.59 Å². The smallest absolute Gasteiger partial charge is 0.263 e. The molecule has 0 spiro atoms. The highest BCUT2D eigenvalue weighted by molar-refractivity contribution is 6.26. The zero-order valence-corrected chi connectivity index (χ0v) is 10.6. The summed E-state index contributed by atoms with van der Waals surface area (Å²) in [5.41, 5.74) is 1.29. The van der Waals surface area contributed by atoms with Crippen LogP contribution >= 0.6 is 0 Å². The molecule has 2 rings (SSSR count). The van der Waals surface area contributed by atoms with Gasteiger partial charge in [-0.3, -0.25) is 9.59 Å². The molecule has 1 atom stereocenters. The minimum atomic E-state index is -0.690. The summed E-state index contributed by atoms with van der Waals surface area (Å²) in [6.45, 7) is 3.66. The summed E-state index contributed by atoms with van der Waals surface area (Å²) >= 11 is 0. The fourth-order valence-electron chi connectivity index (χ4n) is 2.08. The van der Waals surface area contributed by atoms with Crippen LogP contribution < -0.4 is 5.01 Å². The Bertz CT molecular complexity index is 494. The number of carbonyl (C=O) groups excluding carboxylic acids is 2. The molecule has 4 heteroatoms. The van der Waals surface area contributed by atoms with Gasteiger partial charge in [0.25, 0.3) is 5.91 Å². The average Bonchev–Trinajstić information content (AvgIpc) is 2.66. The number of nitrogens with zero attached hydrogens (tertiary/aromatic N) is 2. The number of hydrogen-bond acceptors (Lipinski definition) is 3. The molecular weight excluding hydrogens is 228 g/mol. The second-order valence-electron chi connectivity index (χ2n) is 4.38. The lowest BCUT2D eigenvalue weighted by atomic mass is 9.96. The Morgan fingerprint density at radius 1 is 1.33 bits per heavy atom. The summed E-state index contributed by atoms with van der Waals surface area (Å²) in [5, 5.41) is 5.53. The number of Topliss-reactive ketones (excluding diaryl/α,β-unsaturated/α-hetero) is 1. The Morgan fingerprint density at radius 3 is 2.61 bits per heavy atom. The van der Waals surface area contributed by atoms with Gasteiger partial charge in [0.15, 0.2) is 5.78 Å². The maximum Gasteiger partial charge on any atom is 0.263 e. The largest absolute Gasteiger partial charge is 0.298 e. The average molecular weight is 244 g/mol. The predicted octanol–water partition coefficient (Wildman–Crippen LogP) is 2.39. The molecule has 0 radical (unpaired) electrons. The van der Waals surface area contributed by atoms with Gasteiger partial charge in [0.05, 0.1) is 11.4 Å². The van der Waals surface area contributed by atoms with Gasteiger partial charge in [-0.1, -0.05) is 25.1 Å². The zero-order valence-electron chi connectivity index (χ0n) is 10.6. The summed E-state index contributed by atoms with van der Waals surface area (Å²) in [6, 6.07) is 9.17. The van der Waals surface area contributed by atoms with E-state index in [4.69, 9.17) is 0 Å². The summed E-state index contributed by atoms with van der Waals surface area (Å²) < 4.78 is 0.